The predicted octanol–water partition coefficient (Wildman–Crippen LogP) is 1.42. The molecule has 14 heavy (non-hydrogen) atoms. The molecule has 0 aliphatic rings. The number of fused-ring (bicyclic) bond motifs is 1. The molecule has 2 aromatic rings. The zero-order valence-electron chi connectivity index (χ0n) is 6.68. The van der Waals surface area contributed by atoms with E-state index in [4.69, 9.17) is 10.2 Å². The molecule has 1 heterocycles. The first-order valence-electron chi connectivity index (χ1n) is 3.59. The van der Waals surface area contributed by atoms with Crippen molar-refractivity contribution in [3.05, 3.63) is 23.3 Å². The molecule has 0 saturated carbocycles. The van der Waals surface area contributed by atoms with Gasteiger partial charge in [-0.15, -0.1) is 0 Å². The third kappa shape index (κ3) is 0.972. The summed E-state index contributed by atoms with van der Waals surface area (Å²) in [6.45, 7) is 0. The molecule has 0 radical (unpaired) electrons. The predicted molar refractivity (Wildman–Crippen MR) is 42.4 cm³/mol. The van der Waals surface area contributed by atoms with Gasteiger partial charge in [0, 0.05) is 0 Å². The minimum absolute atomic E-state index is 0.0441. The topological polar surface area (TPSA) is 101 Å². The highest BCUT2D eigenvalue weighted by Gasteiger charge is 2.22. The fourth-order valence-electron chi connectivity index (χ4n) is 1.11. The molecule has 0 aliphatic heterocycles. The first-order valence-corrected chi connectivity index (χ1v) is 3.59. The Kier molecular flexibility index (Phi) is 1.57. The third-order valence-electron chi connectivity index (χ3n) is 1.78. The molecule has 0 saturated heterocycles. The van der Waals surface area contributed by atoms with Gasteiger partial charge in [0.2, 0.25) is 11.2 Å². The molecule has 6 heteroatoms. The van der Waals surface area contributed by atoms with Gasteiger partial charge >= 0.3 is 11.9 Å². The zero-order chi connectivity index (χ0) is 10.3. The third-order valence-corrected chi connectivity index (χ3v) is 1.78. The highest BCUT2D eigenvalue weighted by atomic mass is 17.0. The van der Waals surface area contributed by atoms with E-state index in [0.29, 0.717) is 0 Å². The molecule has 0 fully saturated rings. The molecule has 0 amide bonds. The van der Waals surface area contributed by atoms with Crippen molar-refractivity contribution >= 4 is 23.1 Å². The van der Waals surface area contributed by atoms with Crippen LogP contribution >= 0.6 is 0 Å². The second-order valence-corrected chi connectivity index (χ2v) is 2.60. The van der Waals surface area contributed by atoms with Crippen LogP contribution in [0.25, 0.3) is 11.2 Å². The average molecular weight is 196 g/mol. The highest BCUT2D eigenvalue weighted by Crippen LogP contribution is 2.26. The Morgan fingerprint density at radius 2 is 1.29 bits per heavy atom. The van der Waals surface area contributed by atoms with Gasteiger partial charge in [-0.05, 0) is 12.1 Å². The van der Waals surface area contributed by atoms with Crippen molar-refractivity contribution in [3.8, 4) is 0 Å². The van der Waals surface area contributed by atoms with Crippen molar-refractivity contribution in [2.45, 2.75) is 0 Å². The smallest absolute Gasteiger partial charge is 0.339 e. The van der Waals surface area contributed by atoms with E-state index in [1.165, 1.54) is 0 Å². The van der Waals surface area contributed by atoms with Gasteiger partial charge in [0.15, 0.2) is 0 Å². The molecule has 6 nitrogen and oxygen atoms in total. The van der Waals surface area contributed by atoms with Crippen LogP contribution in [0.15, 0.2) is 21.3 Å². The number of hydrogen-bond acceptors (Lipinski definition) is 4. The van der Waals surface area contributed by atoms with Crippen LogP contribution in [0.3, 0.4) is 0 Å². The fraction of sp³-hybridized carbons (Fsp3) is 0. The van der Waals surface area contributed by atoms with E-state index in [2.05, 4.69) is 9.15 Å². The summed E-state index contributed by atoms with van der Waals surface area (Å²) in [6.07, 6.45) is 0. The van der Waals surface area contributed by atoms with Crippen LogP contribution in [0, 0.1) is 0 Å². The Morgan fingerprint density at radius 3 is 1.50 bits per heavy atom. The molecule has 0 spiro atoms. The van der Waals surface area contributed by atoms with Gasteiger partial charge in [-0.2, -0.15) is 0 Å². The van der Waals surface area contributed by atoms with Crippen molar-refractivity contribution in [1.82, 2.24) is 0 Å². The van der Waals surface area contributed by atoms with E-state index in [9.17, 15) is 9.59 Å². The van der Waals surface area contributed by atoms with Crippen molar-refractivity contribution in [2.24, 2.45) is 0 Å². The number of carboxylic acid groups (broad SMARTS) is 2. The molecule has 72 valence electrons. The molecular weight excluding hydrogens is 192 g/mol. The number of hydrogen-bond donors (Lipinski definition) is 2. The molecule has 1 aromatic heterocycles. The van der Waals surface area contributed by atoms with Crippen LogP contribution in [0.1, 0.15) is 20.7 Å². The molecule has 0 bridgehead atoms. The molecule has 2 rings (SSSR count). The molecule has 0 aliphatic carbocycles. The lowest BCUT2D eigenvalue weighted by Gasteiger charge is -2.03. The van der Waals surface area contributed by atoms with Crippen LogP contribution in [0.4, 0.5) is 0 Å². The van der Waals surface area contributed by atoms with Crippen molar-refractivity contribution in [2.75, 3.05) is 0 Å². The second kappa shape index (κ2) is 2.63. The van der Waals surface area contributed by atoms with E-state index in [1.54, 1.807) is 0 Å². The maximum Gasteiger partial charge on any atom is 0.339 e. The van der Waals surface area contributed by atoms with Crippen molar-refractivity contribution in [1.29, 1.82) is 0 Å². The first-order chi connectivity index (χ1) is 6.61. The first kappa shape index (κ1) is 8.36. The standard InChI is InChI=1S/C8H4O6/c9-7(10)3-1-2-4(8(11)12)6-5(3)13-14-6/h1-2H,(H,9,10)(H,11,12). The summed E-state index contributed by atoms with van der Waals surface area (Å²) in [5.74, 6) is -2.39. The Hall–Kier alpha value is -2.24. The molecule has 2 N–H and O–H groups in total. The zero-order valence-corrected chi connectivity index (χ0v) is 6.68. The van der Waals surface area contributed by atoms with Crippen LogP contribution < -0.4 is 0 Å². The minimum Gasteiger partial charge on any atom is -0.478 e. The Bertz CT molecular complexity index is 470. The summed E-state index contributed by atoms with van der Waals surface area (Å²) >= 11 is 0. The lowest BCUT2D eigenvalue weighted by atomic mass is 10.1. The summed E-state index contributed by atoms with van der Waals surface area (Å²) < 4.78 is 8.83. The van der Waals surface area contributed by atoms with E-state index in [0.717, 1.165) is 12.1 Å². The molecule has 0 atom stereocenters. The van der Waals surface area contributed by atoms with Gasteiger partial charge in [0.05, 0.1) is 0 Å². The lowest BCUT2D eigenvalue weighted by Crippen LogP contribution is -2.04. The minimum atomic E-state index is -1.19. The fourth-order valence-corrected chi connectivity index (χ4v) is 1.11. The highest BCUT2D eigenvalue weighted by molar-refractivity contribution is 6.06. The summed E-state index contributed by atoms with van der Waals surface area (Å²) in [6, 6.07) is 2.32. The van der Waals surface area contributed by atoms with Crippen molar-refractivity contribution < 1.29 is 29.0 Å². The van der Waals surface area contributed by atoms with Gasteiger partial charge in [-0.3, -0.25) is 9.15 Å². The number of aromatic carboxylic acids is 2. The molecule has 0 unspecified atom stereocenters. The Balaban J connectivity index is 2.69. The Morgan fingerprint density at radius 1 is 0.929 bits per heavy atom. The molecular formula is C8H4O6. The van der Waals surface area contributed by atoms with Gasteiger partial charge in [0.1, 0.15) is 11.1 Å². The second-order valence-electron chi connectivity index (χ2n) is 2.60. The summed E-state index contributed by atoms with van der Waals surface area (Å²) in [4.78, 5) is 21.2. The quantitative estimate of drug-likeness (QED) is 0.704. The number of rotatable bonds is 2. The number of carbonyl (C=O) groups is 2. The normalized spacial score (nSPS) is 10.6. The van der Waals surface area contributed by atoms with Gasteiger partial charge in [0.25, 0.3) is 0 Å². The van der Waals surface area contributed by atoms with E-state index in [-0.39, 0.29) is 22.3 Å². The molecule has 1 aromatic carbocycles. The van der Waals surface area contributed by atoms with Crippen LogP contribution in [-0.2, 0) is 0 Å². The summed E-state index contributed by atoms with van der Waals surface area (Å²) in [5, 5.41) is 17.3. The van der Waals surface area contributed by atoms with E-state index in [1.807, 2.05) is 0 Å². The van der Waals surface area contributed by atoms with Crippen LogP contribution in [0.5, 0.6) is 0 Å². The average Bonchev–Trinajstić information content (AvgIpc) is 2.04. The Labute approximate surface area is 76.3 Å². The van der Waals surface area contributed by atoms with Crippen LogP contribution in [-0.4, -0.2) is 22.2 Å². The van der Waals surface area contributed by atoms with Crippen LogP contribution in [0.2, 0.25) is 0 Å². The number of carboxylic acids is 2. The largest absolute Gasteiger partial charge is 0.478 e. The number of benzene rings is 1. The summed E-state index contributed by atoms with van der Waals surface area (Å²) in [5.41, 5.74) is -0.317. The summed E-state index contributed by atoms with van der Waals surface area (Å²) in [7, 11) is 0. The van der Waals surface area contributed by atoms with Gasteiger partial charge in [-0.25, -0.2) is 9.59 Å². The van der Waals surface area contributed by atoms with Gasteiger partial charge < -0.3 is 10.2 Å². The van der Waals surface area contributed by atoms with Gasteiger partial charge in [-0.1, -0.05) is 0 Å². The van der Waals surface area contributed by atoms with E-state index < -0.39 is 11.9 Å². The lowest BCUT2D eigenvalue weighted by molar-refractivity contribution is 0.0502. The SMILES string of the molecule is O=C(O)c1ccc(C(=O)O)c2ooc12. The van der Waals surface area contributed by atoms with Crippen molar-refractivity contribution in [3.63, 3.8) is 0 Å². The van der Waals surface area contributed by atoms with E-state index >= 15 is 0 Å². The maximum absolute atomic E-state index is 10.6. The maximum atomic E-state index is 10.6. The monoisotopic (exact) mass is 196 g/mol.